The maximum atomic E-state index is 12.1. The molecular weight excluding hydrogens is 386 g/mol. The van der Waals surface area contributed by atoms with Gasteiger partial charge in [0.15, 0.2) is 6.61 Å². The van der Waals surface area contributed by atoms with Crippen LogP contribution in [0.5, 0.6) is 17.2 Å². The average Bonchev–Trinajstić information content (AvgIpc) is 2.75. The lowest BCUT2D eigenvalue weighted by Gasteiger charge is -2.11. The Balaban J connectivity index is 1.48. The van der Waals surface area contributed by atoms with E-state index >= 15 is 0 Å². The monoisotopic (exact) mass is 409 g/mol. The van der Waals surface area contributed by atoms with Gasteiger partial charge in [-0.25, -0.2) is 0 Å². The van der Waals surface area contributed by atoms with Crippen LogP contribution in [0.4, 0.5) is 5.69 Å². The van der Waals surface area contributed by atoms with Crippen LogP contribution in [-0.4, -0.2) is 12.5 Å². The zero-order valence-electron chi connectivity index (χ0n) is 16.5. The van der Waals surface area contributed by atoms with Crippen molar-refractivity contribution >= 4 is 23.2 Å². The van der Waals surface area contributed by atoms with Crippen LogP contribution in [0, 0.1) is 0 Å². The molecule has 0 saturated heterocycles. The predicted octanol–water partition coefficient (Wildman–Crippen LogP) is 6.66. The molecule has 0 bridgehead atoms. The van der Waals surface area contributed by atoms with Gasteiger partial charge in [0.1, 0.15) is 17.2 Å². The summed E-state index contributed by atoms with van der Waals surface area (Å²) in [5.74, 6) is 2.34. The zero-order valence-corrected chi connectivity index (χ0v) is 17.3. The van der Waals surface area contributed by atoms with Crippen molar-refractivity contribution in [2.45, 2.75) is 26.2 Å². The molecule has 3 aromatic rings. The number of nitrogens with one attached hydrogen (secondary N) is 1. The van der Waals surface area contributed by atoms with E-state index in [1.807, 2.05) is 24.3 Å². The summed E-state index contributed by atoms with van der Waals surface area (Å²) >= 11 is 5.87. The molecule has 0 radical (unpaired) electrons. The van der Waals surface area contributed by atoms with Crippen molar-refractivity contribution in [1.29, 1.82) is 0 Å². The van der Waals surface area contributed by atoms with Crippen LogP contribution in [0.15, 0.2) is 72.8 Å². The van der Waals surface area contributed by atoms with Crippen LogP contribution in [0.3, 0.4) is 0 Å². The normalized spacial score (nSPS) is 11.6. The summed E-state index contributed by atoms with van der Waals surface area (Å²) in [4.78, 5) is 12.1. The standard InChI is InChI=1S/C24H24ClNO3/c1-3-17(2)18-4-10-21(11-5-18)28-16-24(27)26-20-8-14-23(15-9-20)29-22-12-6-19(25)7-13-22/h4-15,17H,3,16H2,1-2H3,(H,26,27)/t17-/m0/s1. The molecule has 3 aromatic carbocycles. The highest BCUT2D eigenvalue weighted by atomic mass is 35.5. The molecule has 1 amide bonds. The SMILES string of the molecule is CC[C@H](C)c1ccc(OCC(=O)Nc2ccc(Oc3ccc(Cl)cc3)cc2)cc1. The first-order chi connectivity index (χ1) is 14.0. The molecule has 0 spiro atoms. The van der Waals surface area contributed by atoms with Gasteiger partial charge >= 0.3 is 0 Å². The highest BCUT2D eigenvalue weighted by Crippen LogP contribution is 2.24. The number of carbonyl (C=O) groups excluding carboxylic acids is 1. The Morgan fingerprint density at radius 1 is 0.897 bits per heavy atom. The Morgan fingerprint density at radius 2 is 1.45 bits per heavy atom. The maximum absolute atomic E-state index is 12.1. The molecule has 0 heterocycles. The van der Waals surface area contributed by atoms with Gasteiger partial charge in [-0.3, -0.25) is 4.79 Å². The predicted molar refractivity (Wildman–Crippen MR) is 117 cm³/mol. The van der Waals surface area contributed by atoms with Gasteiger partial charge in [0.05, 0.1) is 0 Å². The Labute approximate surface area is 176 Å². The van der Waals surface area contributed by atoms with Crippen molar-refractivity contribution in [2.24, 2.45) is 0 Å². The lowest BCUT2D eigenvalue weighted by atomic mass is 9.99. The van der Waals surface area contributed by atoms with Crippen molar-refractivity contribution in [1.82, 2.24) is 0 Å². The van der Waals surface area contributed by atoms with E-state index in [0.29, 0.717) is 33.9 Å². The first-order valence-corrected chi connectivity index (χ1v) is 9.97. The van der Waals surface area contributed by atoms with Crippen LogP contribution in [-0.2, 0) is 4.79 Å². The summed E-state index contributed by atoms with van der Waals surface area (Å²) in [7, 11) is 0. The van der Waals surface area contributed by atoms with Crippen molar-refractivity contribution < 1.29 is 14.3 Å². The van der Waals surface area contributed by atoms with Gasteiger partial charge in [-0.05, 0) is 78.6 Å². The number of ether oxygens (including phenoxy) is 2. The molecule has 5 heteroatoms. The molecule has 1 N–H and O–H groups in total. The molecule has 0 saturated carbocycles. The van der Waals surface area contributed by atoms with Crippen LogP contribution >= 0.6 is 11.6 Å². The molecule has 29 heavy (non-hydrogen) atoms. The van der Waals surface area contributed by atoms with Gasteiger partial charge in [0.2, 0.25) is 0 Å². The van der Waals surface area contributed by atoms with Gasteiger partial charge in [-0.15, -0.1) is 0 Å². The second-order valence-electron chi connectivity index (χ2n) is 6.80. The average molecular weight is 410 g/mol. The maximum Gasteiger partial charge on any atom is 0.262 e. The summed E-state index contributed by atoms with van der Waals surface area (Å²) in [6.07, 6.45) is 1.09. The molecule has 3 rings (SSSR count). The molecule has 0 aromatic heterocycles. The Hall–Kier alpha value is -2.98. The molecule has 1 atom stereocenters. The third kappa shape index (κ3) is 6.26. The van der Waals surface area contributed by atoms with Crippen LogP contribution in [0.1, 0.15) is 31.7 Å². The number of carbonyl (C=O) groups is 1. The Kier molecular flexibility index (Phi) is 7.14. The molecular formula is C24H24ClNO3. The van der Waals surface area contributed by atoms with Gasteiger partial charge in [0, 0.05) is 10.7 Å². The van der Waals surface area contributed by atoms with E-state index in [-0.39, 0.29) is 12.5 Å². The van der Waals surface area contributed by atoms with E-state index in [4.69, 9.17) is 21.1 Å². The minimum absolute atomic E-state index is 0.0499. The molecule has 4 nitrogen and oxygen atoms in total. The van der Waals surface area contributed by atoms with E-state index in [1.165, 1.54) is 5.56 Å². The number of benzene rings is 3. The number of hydrogen-bond acceptors (Lipinski definition) is 3. The lowest BCUT2D eigenvalue weighted by molar-refractivity contribution is -0.118. The first-order valence-electron chi connectivity index (χ1n) is 9.59. The van der Waals surface area contributed by atoms with Crippen molar-refractivity contribution in [3.05, 3.63) is 83.4 Å². The number of hydrogen-bond donors (Lipinski definition) is 1. The quantitative estimate of drug-likeness (QED) is 0.452. The van der Waals surface area contributed by atoms with E-state index in [0.717, 1.165) is 6.42 Å². The first kappa shape index (κ1) is 20.7. The zero-order chi connectivity index (χ0) is 20.6. The highest BCUT2D eigenvalue weighted by molar-refractivity contribution is 6.30. The summed E-state index contributed by atoms with van der Waals surface area (Å²) in [5, 5.41) is 3.47. The summed E-state index contributed by atoms with van der Waals surface area (Å²) < 4.78 is 11.3. The number of anilines is 1. The molecule has 0 aliphatic heterocycles. The van der Waals surface area contributed by atoms with Crippen LogP contribution in [0.2, 0.25) is 5.02 Å². The second-order valence-corrected chi connectivity index (χ2v) is 7.23. The molecule has 0 aliphatic carbocycles. The highest BCUT2D eigenvalue weighted by Gasteiger charge is 2.06. The van der Waals surface area contributed by atoms with Crippen LogP contribution < -0.4 is 14.8 Å². The largest absolute Gasteiger partial charge is 0.484 e. The van der Waals surface area contributed by atoms with E-state index in [2.05, 4.69) is 19.2 Å². The topological polar surface area (TPSA) is 47.6 Å². The van der Waals surface area contributed by atoms with Crippen molar-refractivity contribution in [3.63, 3.8) is 0 Å². The van der Waals surface area contributed by atoms with Gasteiger partial charge in [-0.1, -0.05) is 37.6 Å². The lowest BCUT2D eigenvalue weighted by Crippen LogP contribution is -2.20. The summed E-state index contributed by atoms with van der Waals surface area (Å²) in [6.45, 7) is 4.30. The Bertz CT molecular complexity index is 922. The van der Waals surface area contributed by atoms with Crippen LogP contribution in [0.25, 0.3) is 0 Å². The number of halogens is 1. The fourth-order valence-electron chi connectivity index (χ4n) is 2.72. The molecule has 0 fully saturated rings. The van der Waals surface area contributed by atoms with Crippen molar-refractivity contribution in [3.8, 4) is 17.2 Å². The molecule has 150 valence electrons. The summed E-state index contributed by atoms with van der Waals surface area (Å²) in [6, 6.07) is 22.2. The third-order valence-electron chi connectivity index (χ3n) is 4.62. The minimum Gasteiger partial charge on any atom is -0.484 e. The minimum atomic E-state index is -0.220. The number of amides is 1. The smallest absolute Gasteiger partial charge is 0.262 e. The summed E-state index contributed by atoms with van der Waals surface area (Å²) in [5.41, 5.74) is 1.94. The van der Waals surface area contributed by atoms with Crippen molar-refractivity contribution in [2.75, 3.05) is 11.9 Å². The van der Waals surface area contributed by atoms with E-state index < -0.39 is 0 Å². The Morgan fingerprint density at radius 3 is 2.03 bits per heavy atom. The van der Waals surface area contributed by atoms with Gasteiger partial charge < -0.3 is 14.8 Å². The fourth-order valence-corrected chi connectivity index (χ4v) is 2.85. The fraction of sp³-hybridized carbons (Fsp3) is 0.208. The third-order valence-corrected chi connectivity index (χ3v) is 4.87. The van der Waals surface area contributed by atoms with E-state index in [1.54, 1.807) is 48.5 Å². The molecule has 0 unspecified atom stereocenters. The molecule has 0 aliphatic rings. The second kappa shape index (κ2) is 9.99. The van der Waals surface area contributed by atoms with Gasteiger partial charge in [-0.2, -0.15) is 0 Å². The van der Waals surface area contributed by atoms with E-state index in [9.17, 15) is 4.79 Å². The van der Waals surface area contributed by atoms with Gasteiger partial charge in [0.25, 0.3) is 5.91 Å². The number of rotatable bonds is 8.